The average Bonchev–Trinajstić information content (AvgIpc) is 3.28. The zero-order valence-electron chi connectivity index (χ0n) is 30.5. The van der Waals surface area contributed by atoms with Gasteiger partial charge in [0, 0.05) is 31.8 Å². The third-order valence-electron chi connectivity index (χ3n) is 11.2. The molecule has 10 aromatic rings. The average molecular weight is 755 g/mol. The highest BCUT2D eigenvalue weighted by Crippen LogP contribution is 2.48. The lowest BCUT2D eigenvalue weighted by molar-refractivity contribution is 0.592. The van der Waals surface area contributed by atoms with Crippen LogP contribution in [0.4, 0.5) is 0 Å². The van der Waals surface area contributed by atoms with E-state index in [1.54, 1.807) is 0 Å². The molecule has 0 atom stereocenters. The van der Waals surface area contributed by atoms with Gasteiger partial charge in [-0.2, -0.15) is 0 Å². The summed E-state index contributed by atoms with van der Waals surface area (Å²) in [5.74, 6) is 0. The summed E-state index contributed by atoms with van der Waals surface area (Å²) in [4.78, 5) is 0. The minimum Gasteiger partial charge on any atom is -0.309 e. The van der Waals surface area contributed by atoms with Gasteiger partial charge in [0.15, 0.2) is 14.3 Å². The second-order valence-corrected chi connectivity index (χ2v) is 19.7. The Balaban J connectivity index is 1.10. The minimum absolute atomic E-state index is 0.780. The molecule has 0 unspecified atom stereocenters. The lowest BCUT2D eigenvalue weighted by atomic mass is 10.1. The van der Waals surface area contributed by atoms with Gasteiger partial charge in [-0.25, -0.2) is 0 Å². The van der Waals surface area contributed by atoms with E-state index in [9.17, 15) is 0 Å². The fourth-order valence-electron chi connectivity index (χ4n) is 8.48. The second-order valence-electron chi connectivity index (χ2n) is 14.3. The summed E-state index contributed by atoms with van der Waals surface area (Å²) < 4.78 is 32.1. The molecule has 0 N–H and O–H groups in total. The Morgan fingerprint density at radius 1 is 0.232 bits per heavy atom. The van der Waals surface area contributed by atoms with Gasteiger partial charge in [-0.3, -0.25) is 0 Å². The molecule has 0 radical (unpaired) electrons. The van der Waals surface area contributed by atoms with E-state index in [0.29, 0.717) is 0 Å². The van der Waals surface area contributed by atoms with Crippen LogP contribution < -0.4 is 31.8 Å². The van der Waals surface area contributed by atoms with Crippen LogP contribution in [0.5, 0.6) is 0 Å². The van der Waals surface area contributed by atoms with Crippen molar-refractivity contribution < 1.29 is 9.13 Å². The van der Waals surface area contributed by atoms with Crippen molar-refractivity contribution in [1.29, 1.82) is 0 Å². The zero-order valence-corrected chi connectivity index (χ0v) is 32.3. The molecular formula is C52H36O2P2. The van der Waals surface area contributed by atoms with Crippen LogP contribution in [0.1, 0.15) is 0 Å². The molecular weight excluding hydrogens is 719 g/mol. The normalized spacial score (nSPS) is 12.1. The Bertz CT molecular complexity index is 2800. The summed E-state index contributed by atoms with van der Waals surface area (Å²) in [6.07, 6.45) is 0. The summed E-state index contributed by atoms with van der Waals surface area (Å²) in [6.45, 7) is 0. The van der Waals surface area contributed by atoms with E-state index in [1.807, 2.05) is 121 Å². The van der Waals surface area contributed by atoms with Crippen molar-refractivity contribution in [2.75, 3.05) is 0 Å². The van der Waals surface area contributed by atoms with E-state index in [1.165, 1.54) is 0 Å². The summed E-state index contributed by atoms with van der Waals surface area (Å²) in [6, 6.07) is 73.7. The topological polar surface area (TPSA) is 34.1 Å². The standard InChI is InChI=1S/C52H36O2P2/c53-55(49-25-9-17-39-13-1-5-21-45(39)49,50-26-10-18-40-14-2-6-22-46(40)50)43-33-29-37(30-34-43)38-31-35-44(36-32-38)56(54,51-27-11-19-41-15-3-7-23-47(41)51)52-28-12-20-42-16-4-8-24-48(42)52/h1-36H. The van der Waals surface area contributed by atoms with Crippen molar-refractivity contribution in [2.24, 2.45) is 0 Å². The van der Waals surface area contributed by atoms with Crippen molar-refractivity contribution in [3.63, 3.8) is 0 Å². The number of fused-ring (bicyclic) bond motifs is 4. The number of benzene rings is 10. The van der Waals surface area contributed by atoms with Gasteiger partial charge in [0.1, 0.15) is 0 Å². The van der Waals surface area contributed by atoms with Gasteiger partial charge in [-0.1, -0.05) is 218 Å². The third kappa shape index (κ3) is 5.49. The molecule has 2 nitrogen and oxygen atoms in total. The van der Waals surface area contributed by atoms with Gasteiger partial charge in [-0.15, -0.1) is 0 Å². The molecule has 56 heavy (non-hydrogen) atoms. The molecule has 10 aromatic carbocycles. The van der Waals surface area contributed by atoms with Crippen LogP contribution in [0, 0.1) is 0 Å². The highest BCUT2D eigenvalue weighted by molar-refractivity contribution is 7.86. The van der Waals surface area contributed by atoms with Gasteiger partial charge in [0.2, 0.25) is 0 Å². The fourth-order valence-corrected chi connectivity index (χ4v) is 14.6. The van der Waals surface area contributed by atoms with E-state index >= 15 is 9.13 Å². The third-order valence-corrected chi connectivity index (χ3v) is 17.5. The molecule has 0 aromatic heterocycles. The van der Waals surface area contributed by atoms with Gasteiger partial charge in [-0.05, 0) is 54.2 Å². The quantitative estimate of drug-likeness (QED) is 0.152. The van der Waals surface area contributed by atoms with Crippen LogP contribution in [-0.2, 0) is 9.13 Å². The van der Waals surface area contributed by atoms with Crippen molar-refractivity contribution >= 4 is 89.2 Å². The van der Waals surface area contributed by atoms with Crippen LogP contribution in [0.3, 0.4) is 0 Å². The van der Waals surface area contributed by atoms with Crippen LogP contribution in [-0.4, -0.2) is 0 Å². The summed E-state index contributed by atoms with van der Waals surface area (Å²) in [5, 5.41) is 13.1. The largest absolute Gasteiger partial charge is 0.309 e. The molecule has 0 heterocycles. The van der Waals surface area contributed by atoms with Crippen LogP contribution in [0.25, 0.3) is 54.2 Å². The number of hydrogen-bond donors (Lipinski definition) is 0. The molecule has 0 spiro atoms. The molecule has 0 aliphatic heterocycles. The predicted octanol–water partition coefficient (Wildman–Crippen LogP) is 11.2. The summed E-state index contributed by atoms with van der Waals surface area (Å²) >= 11 is 0. The molecule has 0 amide bonds. The monoisotopic (exact) mass is 754 g/mol. The van der Waals surface area contributed by atoms with E-state index in [4.69, 9.17) is 0 Å². The second kappa shape index (κ2) is 13.8. The molecule has 266 valence electrons. The predicted molar refractivity (Wildman–Crippen MR) is 241 cm³/mol. The van der Waals surface area contributed by atoms with E-state index in [2.05, 4.69) is 97.1 Å². The molecule has 10 rings (SSSR count). The Morgan fingerprint density at radius 3 is 0.732 bits per heavy atom. The smallest absolute Gasteiger partial charge is 0.172 e. The summed E-state index contributed by atoms with van der Waals surface area (Å²) in [5.41, 5.74) is 1.99. The first kappa shape index (κ1) is 34.2. The molecule has 0 aliphatic carbocycles. The zero-order chi connectivity index (χ0) is 37.7. The van der Waals surface area contributed by atoms with E-state index in [0.717, 1.165) is 86.0 Å². The van der Waals surface area contributed by atoms with Gasteiger partial charge >= 0.3 is 0 Å². The Kier molecular flexibility index (Phi) is 8.41. The minimum atomic E-state index is -3.35. The van der Waals surface area contributed by atoms with Gasteiger partial charge < -0.3 is 9.13 Å². The van der Waals surface area contributed by atoms with Crippen LogP contribution >= 0.6 is 14.3 Å². The molecule has 0 aliphatic rings. The van der Waals surface area contributed by atoms with Crippen LogP contribution in [0.15, 0.2) is 218 Å². The Labute approximate surface area is 326 Å². The molecule has 0 saturated heterocycles. The Morgan fingerprint density at radius 2 is 0.464 bits per heavy atom. The van der Waals surface area contributed by atoms with Gasteiger partial charge in [0.25, 0.3) is 0 Å². The first-order chi connectivity index (χ1) is 27.5. The first-order valence-electron chi connectivity index (χ1n) is 18.9. The van der Waals surface area contributed by atoms with E-state index < -0.39 is 14.3 Å². The first-order valence-corrected chi connectivity index (χ1v) is 22.3. The van der Waals surface area contributed by atoms with Gasteiger partial charge in [0.05, 0.1) is 0 Å². The molecule has 0 bridgehead atoms. The maximum atomic E-state index is 16.1. The summed E-state index contributed by atoms with van der Waals surface area (Å²) in [7, 11) is -6.71. The molecule has 4 heteroatoms. The van der Waals surface area contributed by atoms with E-state index in [-0.39, 0.29) is 0 Å². The maximum absolute atomic E-state index is 16.1. The van der Waals surface area contributed by atoms with Crippen molar-refractivity contribution in [3.05, 3.63) is 218 Å². The lowest BCUT2D eigenvalue weighted by Crippen LogP contribution is -2.26. The van der Waals surface area contributed by atoms with Crippen molar-refractivity contribution in [3.8, 4) is 11.1 Å². The van der Waals surface area contributed by atoms with Crippen molar-refractivity contribution in [1.82, 2.24) is 0 Å². The maximum Gasteiger partial charge on any atom is 0.172 e. The molecule has 0 saturated carbocycles. The van der Waals surface area contributed by atoms with Crippen LogP contribution in [0.2, 0.25) is 0 Å². The molecule has 0 fully saturated rings. The number of rotatable bonds is 7. The lowest BCUT2D eigenvalue weighted by Gasteiger charge is -2.24. The fraction of sp³-hybridized carbons (Fsp3) is 0. The highest BCUT2D eigenvalue weighted by atomic mass is 31.2. The highest BCUT2D eigenvalue weighted by Gasteiger charge is 2.34. The SMILES string of the molecule is O=P(c1ccc(-c2ccc(P(=O)(c3cccc4ccccc34)c3cccc4ccccc34)cc2)cc1)(c1cccc2ccccc12)c1cccc2ccccc12. The number of hydrogen-bond acceptors (Lipinski definition) is 2. The van der Waals surface area contributed by atoms with Crippen molar-refractivity contribution in [2.45, 2.75) is 0 Å². The Hall–Kier alpha value is -6.30.